The van der Waals surface area contributed by atoms with Gasteiger partial charge in [-0.3, -0.25) is 9.78 Å². The van der Waals surface area contributed by atoms with E-state index in [9.17, 15) is 4.79 Å². The van der Waals surface area contributed by atoms with E-state index >= 15 is 0 Å². The molecule has 6 heteroatoms. The Bertz CT molecular complexity index is 683. The fraction of sp³-hybridized carbons (Fsp3) is 0.278. The van der Waals surface area contributed by atoms with Gasteiger partial charge in [0.1, 0.15) is 6.17 Å². The lowest BCUT2D eigenvalue weighted by Gasteiger charge is -2.33. The third-order valence-corrected chi connectivity index (χ3v) is 3.59. The molecule has 0 bridgehead atoms. The fourth-order valence-corrected chi connectivity index (χ4v) is 2.24. The van der Waals surface area contributed by atoms with Gasteiger partial charge in [-0.2, -0.15) is 0 Å². The predicted octanol–water partition coefficient (Wildman–Crippen LogP) is 3.17. The molecule has 126 valence electrons. The molecule has 24 heavy (non-hydrogen) atoms. The molecule has 0 saturated carbocycles. The molecule has 3 N–H and O–H groups in total. The minimum absolute atomic E-state index is 0.146. The minimum atomic E-state index is -0.332. The Labute approximate surface area is 147 Å². The molecule has 0 fully saturated rings. The molecule has 0 aliphatic rings. The van der Waals surface area contributed by atoms with Crippen molar-refractivity contribution in [2.75, 3.05) is 5.32 Å². The molecule has 1 unspecified atom stereocenters. The lowest BCUT2D eigenvalue weighted by atomic mass is 9.92. The van der Waals surface area contributed by atoms with Crippen molar-refractivity contribution in [3.63, 3.8) is 0 Å². The first-order valence-corrected chi connectivity index (χ1v) is 8.10. The van der Waals surface area contributed by atoms with E-state index < -0.39 is 0 Å². The first kappa shape index (κ1) is 17.9. The maximum atomic E-state index is 12.4. The molecule has 1 heterocycles. The summed E-state index contributed by atoms with van der Waals surface area (Å²) >= 11 is 5.35. The van der Waals surface area contributed by atoms with Crippen molar-refractivity contribution in [1.29, 1.82) is 0 Å². The Morgan fingerprint density at radius 2 is 1.79 bits per heavy atom. The van der Waals surface area contributed by atoms with Crippen LogP contribution in [0.4, 0.5) is 5.69 Å². The summed E-state index contributed by atoms with van der Waals surface area (Å²) < 4.78 is 0. The molecule has 1 atom stereocenters. The molecule has 0 radical (unpaired) electrons. The topological polar surface area (TPSA) is 66.1 Å². The van der Waals surface area contributed by atoms with E-state index in [2.05, 4.69) is 20.9 Å². The zero-order chi connectivity index (χ0) is 17.6. The third-order valence-electron chi connectivity index (χ3n) is 3.37. The van der Waals surface area contributed by atoms with Gasteiger partial charge in [0.05, 0.1) is 11.9 Å². The van der Waals surface area contributed by atoms with E-state index in [1.54, 1.807) is 24.5 Å². The number of aromatic nitrogens is 1. The number of benzene rings is 1. The summed E-state index contributed by atoms with van der Waals surface area (Å²) in [5.74, 6) is -0.146. The standard InChI is InChI=1S/C18H22N4OS/c1-18(2,3)16(21-15(23)13-8-5-4-6-9-13)22-17(24)20-14-10-7-11-19-12-14/h4-12,16H,1-3H3,(H,21,23)(H2,20,22,24). The van der Waals surface area contributed by atoms with E-state index in [-0.39, 0.29) is 17.5 Å². The van der Waals surface area contributed by atoms with Gasteiger partial charge < -0.3 is 16.0 Å². The van der Waals surface area contributed by atoms with Gasteiger partial charge in [0, 0.05) is 17.2 Å². The Balaban J connectivity index is 2.03. The molecule has 0 aliphatic heterocycles. The van der Waals surface area contributed by atoms with Crippen LogP contribution >= 0.6 is 12.2 Å². The number of nitrogens with one attached hydrogen (secondary N) is 3. The van der Waals surface area contributed by atoms with Crippen LogP contribution in [0.25, 0.3) is 0 Å². The molecule has 2 aromatic rings. The normalized spacial score (nSPS) is 12.1. The van der Waals surface area contributed by atoms with Gasteiger partial charge >= 0.3 is 0 Å². The second-order valence-corrected chi connectivity index (χ2v) is 6.89. The second kappa shape index (κ2) is 7.88. The molecule has 2 rings (SSSR count). The van der Waals surface area contributed by atoms with Crippen molar-refractivity contribution in [3.05, 3.63) is 60.4 Å². The molecule has 0 saturated heterocycles. The number of amides is 1. The Kier molecular flexibility index (Phi) is 5.87. The summed E-state index contributed by atoms with van der Waals surface area (Å²) in [6, 6.07) is 12.8. The van der Waals surface area contributed by atoms with Crippen LogP contribution in [-0.4, -0.2) is 22.2 Å². The summed E-state index contributed by atoms with van der Waals surface area (Å²) in [7, 11) is 0. The van der Waals surface area contributed by atoms with E-state index in [1.807, 2.05) is 51.1 Å². The summed E-state index contributed by atoms with van der Waals surface area (Å²) in [6.45, 7) is 6.09. The van der Waals surface area contributed by atoms with Crippen LogP contribution in [0, 0.1) is 5.41 Å². The molecule has 1 amide bonds. The van der Waals surface area contributed by atoms with E-state index in [0.29, 0.717) is 10.7 Å². The number of carbonyl (C=O) groups excluding carboxylic acids is 1. The first-order chi connectivity index (χ1) is 11.4. The Hall–Kier alpha value is -2.47. The van der Waals surface area contributed by atoms with Crippen molar-refractivity contribution in [2.24, 2.45) is 5.41 Å². The molecule has 0 spiro atoms. The number of nitrogens with zero attached hydrogens (tertiary/aromatic N) is 1. The summed E-state index contributed by atoms with van der Waals surface area (Å²) in [4.78, 5) is 16.5. The van der Waals surface area contributed by atoms with Crippen molar-refractivity contribution in [3.8, 4) is 0 Å². The highest BCUT2D eigenvalue weighted by molar-refractivity contribution is 7.80. The largest absolute Gasteiger partial charge is 0.342 e. The molecular formula is C18H22N4OS. The van der Waals surface area contributed by atoms with E-state index in [0.717, 1.165) is 5.69 Å². The number of pyridine rings is 1. The van der Waals surface area contributed by atoms with Gasteiger partial charge in [0.25, 0.3) is 5.91 Å². The highest BCUT2D eigenvalue weighted by Crippen LogP contribution is 2.18. The number of hydrogen-bond donors (Lipinski definition) is 3. The fourth-order valence-electron chi connectivity index (χ4n) is 2.01. The monoisotopic (exact) mass is 342 g/mol. The van der Waals surface area contributed by atoms with E-state index in [1.165, 1.54) is 0 Å². The number of thiocarbonyl (C=S) groups is 1. The average Bonchev–Trinajstić information content (AvgIpc) is 2.55. The van der Waals surface area contributed by atoms with Crippen LogP contribution in [-0.2, 0) is 0 Å². The van der Waals surface area contributed by atoms with Crippen LogP contribution in [0.5, 0.6) is 0 Å². The van der Waals surface area contributed by atoms with Crippen molar-refractivity contribution in [2.45, 2.75) is 26.9 Å². The molecule has 5 nitrogen and oxygen atoms in total. The van der Waals surface area contributed by atoms with Crippen LogP contribution in [0.3, 0.4) is 0 Å². The number of rotatable bonds is 4. The number of anilines is 1. The van der Waals surface area contributed by atoms with Crippen molar-refractivity contribution >= 4 is 28.9 Å². The first-order valence-electron chi connectivity index (χ1n) is 7.70. The minimum Gasteiger partial charge on any atom is -0.342 e. The second-order valence-electron chi connectivity index (χ2n) is 6.48. The van der Waals surface area contributed by atoms with Crippen molar-refractivity contribution < 1.29 is 4.79 Å². The van der Waals surface area contributed by atoms with Crippen LogP contribution < -0.4 is 16.0 Å². The van der Waals surface area contributed by atoms with Crippen molar-refractivity contribution in [1.82, 2.24) is 15.6 Å². The molecule has 1 aromatic heterocycles. The lowest BCUT2D eigenvalue weighted by molar-refractivity contribution is 0.0895. The number of carbonyl (C=O) groups is 1. The highest BCUT2D eigenvalue weighted by atomic mass is 32.1. The predicted molar refractivity (Wildman–Crippen MR) is 101 cm³/mol. The molecule has 1 aromatic carbocycles. The van der Waals surface area contributed by atoms with Gasteiger partial charge in [0.2, 0.25) is 0 Å². The van der Waals surface area contributed by atoms with E-state index in [4.69, 9.17) is 12.2 Å². The SMILES string of the molecule is CC(C)(C)C(NC(=O)c1ccccc1)NC(=S)Nc1cccnc1. The summed E-state index contributed by atoms with van der Waals surface area (Å²) in [5.41, 5.74) is 1.17. The highest BCUT2D eigenvalue weighted by Gasteiger charge is 2.27. The maximum absolute atomic E-state index is 12.4. The quantitative estimate of drug-likeness (QED) is 0.588. The van der Waals surface area contributed by atoms with Gasteiger partial charge in [-0.1, -0.05) is 39.0 Å². The van der Waals surface area contributed by atoms with Gasteiger partial charge in [-0.15, -0.1) is 0 Å². The van der Waals surface area contributed by atoms with Crippen LogP contribution in [0.1, 0.15) is 31.1 Å². The summed E-state index contributed by atoms with van der Waals surface area (Å²) in [6.07, 6.45) is 3.05. The lowest BCUT2D eigenvalue weighted by Crippen LogP contribution is -2.55. The summed E-state index contributed by atoms with van der Waals surface area (Å²) in [5, 5.41) is 9.65. The number of hydrogen-bond acceptors (Lipinski definition) is 3. The maximum Gasteiger partial charge on any atom is 0.252 e. The Morgan fingerprint density at radius 1 is 1.08 bits per heavy atom. The van der Waals surface area contributed by atoms with Gasteiger partial charge in [0.15, 0.2) is 5.11 Å². The molecular weight excluding hydrogens is 320 g/mol. The third kappa shape index (κ3) is 5.31. The van der Waals surface area contributed by atoms with Crippen LogP contribution in [0.2, 0.25) is 0 Å². The zero-order valence-electron chi connectivity index (χ0n) is 14.0. The Morgan fingerprint density at radius 3 is 2.38 bits per heavy atom. The zero-order valence-corrected chi connectivity index (χ0v) is 14.9. The molecule has 0 aliphatic carbocycles. The van der Waals surface area contributed by atoms with Gasteiger partial charge in [-0.25, -0.2) is 0 Å². The average molecular weight is 342 g/mol. The van der Waals surface area contributed by atoms with Gasteiger partial charge in [-0.05, 0) is 36.5 Å². The van der Waals surface area contributed by atoms with Crippen LogP contribution in [0.15, 0.2) is 54.9 Å². The smallest absolute Gasteiger partial charge is 0.252 e.